The Labute approximate surface area is 88.8 Å². The summed E-state index contributed by atoms with van der Waals surface area (Å²) in [6.07, 6.45) is 3.35. The van der Waals surface area contributed by atoms with E-state index in [4.69, 9.17) is 9.16 Å². The van der Waals surface area contributed by atoms with E-state index >= 15 is 0 Å². The minimum Gasteiger partial charge on any atom is -0.464 e. The Bertz CT molecular complexity index is 202. The fourth-order valence-electron chi connectivity index (χ4n) is 1.77. The van der Waals surface area contributed by atoms with Gasteiger partial charge in [0.25, 0.3) is 0 Å². The fraction of sp³-hybridized carbons (Fsp3) is 0.667. The first kappa shape index (κ1) is 11.7. The van der Waals surface area contributed by atoms with Crippen molar-refractivity contribution in [2.45, 2.75) is 31.5 Å². The zero-order valence-electron chi connectivity index (χ0n) is 8.70. The molecule has 2 unspecified atom stereocenters. The van der Waals surface area contributed by atoms with Gasteiger partial charge in [0.05, 0.1) is 5.73 Å². The minimum atomic E-state index is -0.885. The molecule has 0 aliphatic carbocycles. The smallest absolute Gasteiger partial charge is 0.330 e. The first-order valence-electron chi connectivity index (χ1n) is 5.18. The van der Waals surface area contributed by atoms with Crippen LogP contribution >= 0.6 is 0 Å². The predicted octanol–water partition coefficient (Wildman–Crippen LogP) is 0.261. The number of hydrogen-bond donors (Lipinski definition) is 0. The van der Waals surface area contributed by atoms with E-state index in [1.165, 1.54) is 12.1 Å². The first-order valence-corrected chi connectivity index (χ1v) is 10.5. The second kappa shape index (κ2) is 6.16. The molecular formula is C9H18O3Si2. The van der Waals surface area contributed by atoms with Gasteiger partial charge in [-0.15, -0.1) is 0 Å². The van der Waals surface area contributed by atoms with E-state index in [-0.39, 0.29) is 21.0 Å². The van der Waals surface area contributed by atoms with E-state index in [0.29, 0.717) is 0 Å². The molecule has 0 aromatic rings. The molecule has 0 spiro atoms. The van der Waals surface area contributed by atoms with E-state index < -0.39 is 8.31 Å². The van der Waals surface area contributed by atoms with Gasteiger partial charge in [-0.2, -0.15) is 0 Å². The maximum atomic E-state index is 11.1. The summed E-state index contributed by atoms with van der Waals surface area (Å²) in [7, 11) is -1.24. The molecule has 2 atom stereocenters. The summed E-state index contributed by atoms with van der Waals surface area (Å²) in [5.74, 6) is -0.274. The van der Waals surface area contributed by atoms with Crippen LogP contribution in [-0.4, -0.2) is 35.9 Å². The Morgan fingerprint density at radius 2 is 2.64 bits per heavy atom. The second-order valence-electron chi connectivity index (χ2n) is 3.56. The third kappa shape index (κ3) is 3.40. The zero-order valence-corrected chi connectivity index (χ0v) is 11.3. The molecule has 1 fully saturated rings. The number of ether oxygens (including phenoxy) is 1. The molecule has 3 nitrogen and oxygen atoms in total. The van der Waals surface area contributed by atoms with E-state index in [1.807, 2.05) is 0 Å². The van der Waals surface area contributed by atoms with E-state index in [1.54, 1.807) is 0 Å². The highest BCUT2D eigenvalue weighted by atomic mass is 29.2. The molecule has 1 rings (SSSR count). The molecule has 1 saturated heterocycles. The highest BCUT2D eigenvalue weighted by molar-refractivity contribution is 7.10. The van der Waals surface area contributed by atoms with E-state index in [0.717, 1.165) is 19.4 Å². The maximum absolute atomic E-state index is 11.1. The van der Waals surface area contributed by atoms with Crippen LogP contribution in [0.3, 0.4) is 0 Å². The van der Waals surface area contributed by atoms with Crippen molar-refractivity contribution in [2.75, 3.05) is 6.61 Å². The normalized spacial score (nSPS) is 25.6. The van der Waals surface area contributed by atoms with Gasteiger partial charge in [0.15, 0.2) is 9.28 Å². The van der Waals surface area contributed by atoms with E-state index in [9.17, 15) is 4.79 Å². The Kier molecular flexibility index (Phi) is 5.13. The lowest BCUT2D eigenvalue weighted by Gasteiger charge is -2.27. The van der Waals surface area contributed by atoms with Gasteiger partial charge in [0, 0.05) is 12.7 Å². The van der Waals surface area contributed by atoms with Gasteiger partial charge >= 0.3 is 5.97 Å². The Morgan fingerprint density at radius 1 is 1.86 bits per heavy atom. The average molecular weight is 230 g/mol. The van der Waals surface area contributed by atoms with Gasteiger partial charge in [-0.25, -0.2) is 4.79 Å². The highest BCUT2D eigenvalue weighted by Gasteiger charge is 2.27. The Hall–Kier alpha value is -0.396. The number of carbonyl (C=O) groups excluding carboxylic acids is 1. The molecule has 5 heteroatoms. The van der Waals surface area contributed by atoms with Crippen molar-refractivity contribution < 1.29 is 14.0 Å². The third-order valence-corrected chi connectivity index (χ3v) is 11.1. The molecule has 0 aromatic heterocycles. The first-order chi connectivity index (χ1) is 6.77. The van der Waals surface area contributed by atoms with Crippen LogP contribution < -0.4 is 0 Å². The van der Waals surface area contributed by atoms with Crippen LogP contribution in [0.25, 0.3) is 0 Å². The van der Waals surface area contributed by atoms with Gasteiger partial charge in [-0.1, -0.05) is 19.5 Å². The van der Waals surface area contributed by atoms with Gasteiger partial charge in [-0.3, -0.25) is 0 Å². The van der Waals surface area contributed by atoms with Crippen LogP contribution in [0.4, 0.5) is 0 Å². The van der Waals surface area contributed by atoms with Gasteiger partial charge < -0.3 is 9.16 Å². The van der Waals surface area contributed by atoms with E-state index in [2.05, 4.69) is 13.5 Å². The van der Waals surface area contributed by atoms with Crippen molar-refractivity contribution >= 4 is 23.6 Å². The summed E-state index contributed by atoms with van der Waals surface area (Å²) in [5, 5.41) is 0. The second-order valence-corrected chi connectivity index (χ2v) is 11.3. The summed E-state index contributed by atoms with van der Waals surface area (Å²) in [6, 6.07) is 1.29. The van der Waals surface area contributed by atoms with Gasteiger partial charge in [0.2, 0.25) is 0 Å². The van der Waals surface area contributed by atoms with Gasteiger partial charge in [0.1, 0.15) is 8.31 Å². The predicted molar refractivity (Wildman–Crippen MR) is 61.4 cm³/mol. The number of hydrogen-bond acceptors (Lipinski definition) is 3. The zero-order chi connectivity index (χ0) is 10.4. The van der Waals surface area contributed by atoms with Crippen molar-refractivity contribution in [3.05, 3.63) is 12.7 Å². The summed E-state index contributed by atoms with van der Waals surface area (Å²) < 4.78 is 10.9. The molecule has 0 aromatic carbocycles. The molecule has 1 heterocycles. The molecular weight excluding hydrogens is 212 g/mol. The van der Waals surface area contributed by atoms with Crippen LogP contribution in [-0.2, 0) is 14.0 Å². The Morgan fingerprint density at radius 3 is 3.14 bits per heavy atom. The van der Waals surface area contributed by atoms with Crippen molar-refractivity contribution in [1.82, 2.24) is 0 Å². The molecule has 80 valence electrons. The molecule has 1 aliphatic rings. The minimum absolute atomic E-state index is 0.187. The third-order valence-electron chi connectivity index (χ3n) is 2.56. The summed E-state index contributed by atoms with van der Waals surface area (Å²) in [5.41, 5.74) is 0.187. The molecule has 0 N–H and O–H groups in total. The lowest BCUT2D eigenvalue weighted by molar-refractivity contribution is -0.139. The fourth-order valence-corrected chi connectivity index (χ4v) is 9.59. The molecule has 0 amide bonds. The molecule has 0 radical (unpaired) electrons. The molecule has 1 aliphatic heterocycles. The molecule has 0 bridgehead atoms. The SMILES string of the molecule is C=CC(=O)OC(CC)[SiH]1CCCO[SiH2]1. The molecule has 0 saturated carbocycles. The largest absolute Gasteiger partial charge is 0.464 e. The monoisotopic (exact) mass is 230 g/mol. The number of carbonyl (C=O) groups is 1. The Balaban J connectivity index is 2.42. The molecule has 14 heavy (non-hydrogen) atoms. The van der Waals surface area contributed by atoms with Crippen LogP contribution in [0.1, 0.15) is 19.8 Å². The van der Waals surface area contributed by atoms with Crippen LogP contribution in [0.15, 0.2) is 12.7 Å². The van der Waals surface area contributed by atoms with Crippen molar-refractivity contribution in [3.8, 4) is 0 Å². The summed E-state index contributed by atoms with van der Waals surface area (Å²) >= 11 is 0. The quantitative estimate of drug-likeness (QED) is 0.395. The van der Waals surface area contributed by atoms with Crippen LogP contribution in [0, 0.1) is 0 Å². The lowest BCUT2D eigenvalue weighted by Crippen LogP contribution is -2.43. The van der Waals surface area contributed by atoms with Crippen molar-refractivity contribution in [3.63, 3.8) is 0 Å². The average Bonchev–Trinajstić information content (AvgIpc) is 2.26. The number of esters is 1. The topological polar surface area (TPSA) is 35.5 Å². The van der Waals surface area contributed by atoms with Gasteiger partial charge in [-0.05, 0) is 12.8 Å². The van der Waals surface area contributed by atoms with Crippen molar-refractivity contribution in [2.24, 2.45) is 0 Å². The lowest BCUT2D eigenvalue weighted by atomic mass is 10.5. The summed E-state index contributed by atoms with van der Waals surface area (Å²) in [4.78, 5) is 11.1. The maximum Gasteiger partial charge on any atom is 0.330 e. The van der Waals surface area contributed by atoms with Crippen LogP contribution in [0.5, 0.6) is 0 Å². The summed E-state index contributed by atoms with van der Waals surface area (Å²) in [6.45, 7) is 6.43. The van der Waals surface area contributed by atoms with Crippen LogP contribution in [0.2, 0.25) is 6.04 Å². The number of rotatable bonds is 4. The van der Waals surface area contributed by atoms with Crippen molar-refractivity contribution in [1.29, 1.82) is 0 Å². The highest BCUT2D eigenvalue weighted by Crippen LogP contribution is 2.13. The standard InChI is InChI=1S/C9H18O3Si2/c1-3-8(10)12-9(4-2)14-7-5-6-11-13-14/h3,9,14H,1,4-7,13H2,2H3.